The fourth-order valence-electron chi connectivity index (χ4n) is 1.82. The van der Waals surface area contributed by atoms with Gasteiger partial charge in [-0.15, -0.1) is 0 Å². The maximum atomic E-state index is 13.5. The van der Waals surface area contributed by atoms with Crippen molar-refractivity contribution in [2.75, 3.05) is 6.54 Å². The maximum absolute atomic E-state index is 13.5. The molecule has 1 amide bonds. The summed E-state index contributed by atoms with van der Waals surface area (Å²) in [6, 6.07) is 3.47. The van der Waals surface area contributed by atoms with Crippen LogP contribution in [0.15, 0.2) is 18.2 Å². The van der Waals surface area contributed by atoms with Crippen LogP contribution in [0.5, 0.6) is 0 Å². The molecule has 4 nitrogen and oxygen atoms in total. The lowest BCUT2D eigenvalue weighted by Crippen LogP contribution is -2.61. The molecule has 2 atom stereocenters. The highest BCUT2D eigenvalue weighted by molar-refractivity contribution is 6.30. The molecule has 2 unspecified atom stereocenters. The van der Waals surface area contributed by atoms with Gasteiger partial charge in [0.15, 0.2) is 0 Å². The first kappa shape index (κ1) is 15.0. The van der Waals surface area contributed by atoms with Gasteiger partial charge in [0.2, 0.25) is 12.2 Å². The molecule has 0 aromatic heterocycles. The molecule has 1 aliphatic heterocycles. The van der Waals surface area contributed by atoms with E-state index in [1.54, 1.807) is 0 Å². The lowest BCUT2D eigenvalue weighted by Gasteiger charge is -2.38. The average Bonchev–Trinajstić information content (AvgIpc) is 2.41. The number of carbonyl (C=O) groups excluding carboxylic acids is 1. The minimum absolute atomic E-state index is 0.188. The second-order valence-electron chi connectivity index (χ2n) is 4.11. The SMILES string of the molecule is O=C1CNC(c2ccc(F)c(Cl)c2)N(C(F)C(F)F)N1. The van der Waals surface area contributed by atoms with Gasteiger partial charge >= 0.3 is 0 Å². The number of hydrogen-bond acceptors (Lipinski definition) is 3. The van der Waals surface area contributed by atoms with Crippen LogP contribution in [0.2, 0.25) is 5.02 Å². The summed E-state index contributed by atoms with van der Waals surface area (Å²) in [6.45, 7) is -0.188. The van der Waals surface area contributed by atoms with Crippen LogP contribution in [0, 0.1) is 5.82 Å². The molecule has 0 spiro atoms. The molecule has 1 aliphatic rings. The monoisotopic (exact) mass is 311 g/mol. The van der Waals surface area contributed by atoms with Crippen molar-refractivity contribution in [1.29, 1.82) is 0 Å². The molecule has 0 bridgehead atoms. The number of carbonyl (C=O) groups is 1. The Hall–Kier alpha value is -1.38. The van der Waals surface area contributed by atoms with Gasteiger partial charge in [0, 0.05) is 0 Å². The highest BCUT2D eigenvalue weighted by Gasteiger charge is 2.37. The standard InChI is InChI=1S/C11H10ClF4N3O/c12-6-3-5(1-2-7(6)13)11-17-4-8(20)18-19(11)10(16)9(14)15/h1-3,9-11,17H,4H2,(H,18,20). The third-order valence-electron chi connectivity index (χ3n) is 2.72. The van der Waals surface area contributed by atoms with Gasteiger partial charge in [-0.1, -0.05) is 17.7 Å². The number of hydrazine groups is 1. The second kappa shape index (κ2) is 5.94. The van der Waals surface area contributed by atoms with Crippen LogP contribution in [0.3, 0.4) is 0 Å². The highest BCUT2D eigenvalue weighted by Crippen LogP contribution is 2.27. The molecule has 0 aliphatic carbocycles. The summed E-state index contributed by atoms with van der Waals surface area (Å²) in [5.74, 6) is -1.34. The van der Waals surface area contributed by atoms with E-state index in [1.807, 2.05) is 5.43 Å². The summed E-state index contributed by atoms with van der Waals surface area (Å²) in [7, 11) is 0. The number of nitrogens with one attached hydrogen (secondary N) is 2. The molecular weight excluding hydrogens is 302 g/mol. The molecule has 1 saturated heterocycles. The minimum atomic E-state index is -3.31. The van der Waals surface area contributed by atoms with Crippen molar-refractivity contribution in [2.45, 2.75) is 18.9 Å². The summed E-state index contributed by atoms with van der Waals surface area (Å²) in [5, 5.41) is 2.79. The van der Waals surface area contributed by atoms with E-state index in [1.165, 1.54) is 12.1 Å². The summed E-state index contributed by atoms with van der Waals surface area (Å²) in [5.41, 5.74) is 2.27. The molecule has 0 saturated carbocycles. The van der Waals surface area contributed by atoms with E-state index in [4.69, 9.17) is 11.6 Å². The number of benzene rings is 1. The maximum Gasteiger partial charge on any atom is 0.284 e. The minimum Gasteiger partial charge on any atom is -0.288 e. The molecule has 1 heterocycles. The molecule has 1 aromatic rings. The van der Waals surface area contributed by atoms with E-state index in [0.717, 1.165) is 6.07 Å². The first-order valence-corrected chi connectivity index (χ1v) is 5.96. The molecule has 2 rings (SSSR count). The van der Waals surface area contributed by atoms with Gasteiger partial charge in [0.1, 0.15) is 12.0 Å². The normalized spacial score (nSPS) is 21.9. The first-order chi connectivity index (χ1) is 9.40. The number of halogens is 5. The number of nitrogens with zero attached hydrogens (tertiary/aromatic N) is 1. The Morgan fingerprint density at radius 2 is 2.05 bits per heavy atom. The summed E-state index contributed by atoms with van der Waals surface area (Å²) in [4.78, 5) is 11.2. The number of rotatable bonds is 3. The fraction of sp³-hybridized carbons (Fsp3) is 0.364. The Balaban J connectivity index is 2.30. The van der Waals surface area contributed by atoms with Crippen molar-refractivity contribution < 1.29 is 22.4 Å². The second-order valence-corrected chi connectivity index (χ2v) is 4.51. The Labute approximate surface area is 116 Å². The van der Waals surface area contributed by atoms with Gasteiger partial charge < -0.3 is 0 Å². The molecule has 1 fully saturated rings. The van der Waals surface area contributed by atoms with Gasteiger partial charge in [-0.25, -0.2) is 17.6 Å². The number of hydrogen-bond donors (Lipinski definition) is 2. The van der Waals surface area contributed by atoms with Crippen LogP contribution in [0.1, 0.15) is 11.7 Å². The van der Waals surface area contributed by atoms with Crippen molar-refractivity contribution in [3.8, 4) is 0 Å². The third-order valence-corrected chi connectivity index (χ3v) is 3.01. The quantitative estimate of drug-likeness (QED) is 0.663. The Morgan fingerprint density at radius 1 is 1.35 bits per heavy atom. The van der Waals surface area contributed by atoms with Crippen LogP contribution in [0.25, 0.3) is 0 Å². The zero-order chi connectivity index (χ0) is 14.9. The fourth-order valence-corrected chi connectivity index (χ4v) is 2.01. The van der Waals surface area contributed by atoms with E-state index in [2.05, 4.69) is 5.32 Å². The van der Waals surface area contributed by atoms with E-state index < -0.39 is 30.6 Å². The van der Waals surface area contributed by atoms with E-state index in [-0.39, 0.29) is 17.1 Å². The Kier molecular flexibility index (Phi) is 4.46. The van der Waals surface area contributed by atoms with E-state index in [0.29, 0.717) is 5.01 Å². The van der Waals surface area contributed by atoms with Crippen LogP contribution in [-0.4, -0.2) is 30.2 Å². The smallest absolute Gasteiger partial charge is 0.284 e. The zero-order valence-electron chi connectivity index (χ0n) is 9.92. The first-order valence-electron chi connectivity index (χ1n) is 5.58. The Bertz CT molecular complexity index is 516. The molecule has 1 aromatic carbocycles. The van der Waals surface area contributed by atoms with Crippen LogP contribution >= 0.6 is 11.6 Å². The van der Waals surface area contributed by atoms with Gasteiger partial charge in [-0.3, -0.25) is 15.5 Å². The van der Waals surface area contributed by atoms with E-state index >= 15 is 0 Å². The van der Waals surface area contributed by atoms with Crippen LogP contribution < -0.4 is 10.7 Å². The molecule has 2 N–H and O–H groups in total. The van der Waals surface area contributed by atoms with Crippen molar-refractivity contribution in [3.05, 3.63) is 34.6 Å². The van der Waals surface area contributed by atoms with Crippen molar-refractivity contribution in [1.82, 2.24) is 15.8 Å². The van der Waals surface area contributed by atoms with Crippen LogP contribution in [0.4, 0.5) is 17.6 Å². The van der Waals surface area contributed by atoms with Gasteiger partial charge in [-0.05, 0) is 17.7 Å². The molecule has 9 heteroatoms. The lowest BCUT2D eigenvalue weighted by atomic mass is 10.1. The topological polar surface area (TPSA) is 44.4 Å². The summed E-state index contributed by atoms with van der Waals surface area (Å²) in [6.07, 6.45) is -7.09. The number of alkyl halides is 3. The largest absolute Gasteiger partial charge is 0.288 e. The van der Waals surface area contributed by atoms with Gasteiger partial charge in [0.25, 0.3) is 6.43 Å². The van der Waals surface area contributed by atoms with Crippen molar-refractivity contribution in [3.63, 3.8) is 0 Å². The number of amides is 1. The van der Waals surface area contributed by atoms with Gasteiger partial charge in [-0.2, -0.15) is 5.01 Å². The summed E-state index contributed by atoms with van der Waals surface area (Å²) < 4.78 is 51.6. The van der Waals surface area contributed by atoms with E-state index in [9.17, 15) is 22.4 Å². The van der Waals surface area contributed by atoms with Crippen LogP contribution in [-0.2, 0) is 4.79 Å². The lowest BCUT2D eigenvalue weighted by molar-refractivity contribution is -0.150. The molecule has 20 heavy (non-hydrogen) atoms. The molecular formula is C11H10ClF4N3O. The molecule has 110 valence electrons. The predicted molar refractivity (Wildman–Crippen MR) is 63.0 cm³/mol. The zero-order valence-corrected chi connectivity index (χ0v) is 10.7. The highest BCUT2D eigenvalue weighted by atomic mass is 35.5. The van der Waals surface area contributed by atoms with Crippen molar-refractivity contribution in [2.24, 2.45) is 0 Å². The average molecular weight is 312 g/mol. The summed E-state index contributed by atoms with van der Waals surface area (Å²) >= 11 is 5.60. The Morgan fingerprint density at radius 3 is 2.65 bits per heavy atom. The third kappa shape index (κ3) is 3.02. The van der Waals surface area contributed by atoms with Crippen molar-refractivity contribution >= 4 is 17.5 Å². The molecule has 0 radical (unpaired) electrons. The predicted octanol–water partition coefficient (Wildman–Crippen LogP) is 1.97. The van der Waals surface area contributed by atoms with Gasteiger partial charge in [0.05, 0.1) is 11.6 Å².